The van der Waals surface area contributed by atoms with Crippen LogP contribution in [0.2, 0.25) is 0 Å². The number of hydrogen-bond donors (Lipinski definition) is 2. The Morgan fingerprint density at radius 1 is 1.64 bits per heavy atom. The summed E-state index contributed by atoms with van der Waals surface area (Å²) in [7, 11) is 0. The van der Waals surface area contributed by atoms with Crippen LogP contribution in [0.15, 0.2) is 4.60 Å². The molecule has 0 saturated heterocycles. The second-order valence-electron chi connectivity index (χ2n) is 2.91. The van der Waals surface area contributed by atoms with Crippen LogP contribution in [0.5, 0.6) is 0 Å². The molecule has 0 spiro atoms. The van der Waals surface area contributed by atoms with E-state index in [-0.39, 0.29) is 6.04 Å². The van der Waals surface area contributed by atoms with Gasteiger partial charge >= 0.3 is 0 Å². The van der Waals surface area contributed by atoms with Crippen molar-refractivity contribution in [3.05, 3.63) is 15.9 Å². The summed E-state index contributed by atoms with van der Waals surface area (Å²) in [5.74, 6) is 0. The summed E-state index contributed by atoms with van der Waals surface area (Å²) in [5, 5.41) is 7.04. The van der Waals surface area contributed by atoms with E-state index in [1.807, 2.05) is 0 Å². The molecular formula is C7H10BrN3. The lowest BCUT2D eigenvalue weighted by Gasteiger charge is -2.17. The van der Waals surface area contributed by atoms with Gasteiger partial charge in [-0.3, -0.25) is 5.10 Å². The highest BCUT2D eigenvalue weighted by Crippen LogP contribution is 2.31. The van der Waals surface area contributed by atoms with Gasteiger partial charge in [0.1, 0.15) is 4.60 Å². The number of halogens is 1. The first-order chi connectivity index (χ1) is 5.29. The van der Waals surface area contributed by atoms with Crippen LogP contribution in [0.25, 0.3) is 0 Å². The summed E-state index contributed by atoms with van der Waals surface area (Å²) < 4.78 is 0.889. The first-order valence-corrected chi connectivity index (χ1v) is 4.56. The van der Waals surface area contributed by atoms with Crippen molar-refractivity contribution in [3.63, 3.8) is 0 Å². The molecule has 2 rings (SSSR count). The highest BCUT2D eigenvalue weighted by atomic mass is 79.9. The topological polar surface area (TPSA) is 54.7 Å². The third kappa shape index (κ3) is 1.10. The average Bonchev–Trinajstić information content (AvgIpc) is 2.34. The molecule has 4 heteroatoms. The first-order valence-electron chi connectivity index (χ1n) is 3.77. The van der Waals surface area contributed by atoms with Gasteiger partial charge < -0.3 is 5.73 Å². The second kappa shape index (κ2) is 2.60. The number of nitrogens with one attached hydrogen (secondary N) is 1. The second-order valence-corrected chi connectivity index (χ2v) is 3.66. The maximum Gasteiger partial charge on any atom is 0.132 e. The number of aromatic amines is 1. The van der Waals surface area contributed by atoms with E-state index in [4.69, 9.17) is 5.73 Å². The van der Waals surface area contributed by atoms with Crippen LogP contribution in [-0.4, -0.2) is 10.2 Å². The van der Waals surface area contributed by atoms with Crippen molar-refractivity contribution in [2.45, 2.75) is 25.3 Å². The molecular weight excluding hydrogens is 206 g/mol. The number of H-pyrrole nitrogens is 1. The van der Waals surface area contributed by atoms with Gasteiger partial charge in [-0.1, -0.05) is 0 Å². The van der Waals surface area contributed by atoms with Gasteiger partial charge in [0.15, 0.2) is 0 Å². The largest absolute Gasteiger partial charge is 0.324 e. The molecule has 1 aliphatic rings. The smallest absolute Gasteiger partial charge is 0.132 e. The molecule has 1 aromatic heterocycles. The fourth-order valence-corrected chi connectivity index (χ4v) is 2.19. The van der Waals surface area contributed by atoms with Crippen LogP contribution in [0.3, 0.4) is 0 Å². The number of nitrogens with zero attached hydrogens (tertiary/aromatic N) is 1. The zero-order valence-electron chi connectivity index (χ0n) is 6.10. The average molecular weight is 216 g/mol. The normalized spacial score (nSPS) is 23.3. The molecule has 1 atom stereocenters. The Balaban J connectivity index is 2.48. The number of rotatable bonds is 0. The molecule has 3 nitrogen and oxygen atoms in total. The van der Waals surface area contributed by atoms with Crippen LogP contribution in [0.1, 0.15) is 30.1 Å². The van der Waals surface area contributed by atoms with Gasteiger partial charge in [-0.05, 0) is 35.2 Å². The number of aryl methyl sites for hydroxylation is 1. The predicted octanol–water partition coefficient (Wildman–Crippen LogP) is 1.51. The third-order valence-corrected chi connectivity index (χ3v) is 2.75. The predicted molar refractivity (Wildman–Crippen MR) is 46.2 cm³/mol. The van der Waals surface area contributed by atoms with Crippen molar-refractivity contribution < 1.29 is 0 Å². The van der Waals surface area contributed by atoms with Gasteiger partial charge in [0.2, 0.25) is 0 Å². The van der Waals surface area contributed by atoms with Gasteiger partial charge in [0, 0.05) is 17.3 Å². The van der Waals surface area contributed by atoms with E-state index in [9.17, 15) is 0 Å². The van der Waals surface area contributed by atoms with E-state index in [1.54, 1.807) is 0 Å². The quantitative estimate of drug-likeness (QED) is 0.690. The van der Waals surface area contributed by atoms with Crippen molar-refractivity contribution in [1.82, 2.24) is 10.2 Å². The fraction of sp³-hybridized carbons (Fsp3) is 0.571. The summed E-state index contributed by atoms with van der Waals surface area (Å²) in [6.07, 6.45) is 3.33. The van der Waals surface area contributed by atoms with E-state index in [1.165, 1.54) is 17.7 Å². The SMILES string of the molecule is NC1CCCc2[nH]nc(Br)c21. The maximum absolute atomic E-state index is 5.90. The van der Waals surface area contributed by atoms with Crippen LogP contribution < -0.4 is 5.73 Å². The molecule has 0 amide bonds. The van der Waals surface area contributed by atoms with Gasteiger partial charge in [0.25, 0.3) is 0 Å². The Kier molecular flexibility index (Phi) is 1.73. The number of fused-ring (bicyclic) bond motifs is 1. The van der Waals surface area contributed by atoms with Gasteiger partial charge in [-0.25, -0.2) is 0 Å². The monoisotopic (exact) mass is 215 g/mol. The summed E-state index contributed by atoms with van der Waals surface area (Å²) >= 11 is 3.37. The summed E-state index contributed by atoms with van der Waals surface area (Å²) in [5.41, 5.74) is 8.28. The molecule has 1 heterocycles. The molecule has 60 valence electrons. The van der Waals surface area contributed by atoms with E-state index in [0.29, 0.717) is 0 Å². The Labute approximate surface area is 73.5 Å². The van der Waals surface area contributed by atoms with Gasteiger partial charge in [0.05, 0.1) is 0 Å². The van der Waals surface area contributed by atoms with Crippen LogP contribution in [-0.2, 0) is 6.42 Å². The first kappa shape index (κ1) is 7.31. The van der Waals surface area contributed by atoms with E-state index < -0.39 is 0 Å². The van der Waals surface area contributed by atoms with Gasteiger partial charge in [-0.15, -0.1) is 0 Å². The molecule has 1 unspecified atom stereocenters. The zero-order valence-corrected chi connectivity index (χ0v) is 7.69. The number of aromatic nitrogens is 2. The minimum atomic E-state index is 0.173. The molecule has 1 aliphatic carbocycles. The van der Waals surface area contributed by atoms with E-state index >= 15 is 0 Å². The lowest BCUT2D eigenvalue weighted by Crippen LogP contribution is -2.16. The molecule has 0 saturated carbocycles. The fourth-order valence-electron chi connectivity index (χ4n) is 1.57. The Morgan fingerprint density at radius 2 is 2.45 bits per heavy atom. The molecule has 0 fully saturated rings. The Morgan fingerprint density at radius 3 is 3.18 bits per heavy atom. The molecule has 11 heavy (non-hydrogen) atoms. The van der Waals surface area contributed by atoms with Crippen molar-refractivity contribution in [2.75, 3.05) is 0 Å². The molecule has 3 N–H and O–H groups in total. The molecule has 0 radical (unpaired) electrons. The minimum Gasteiger partial charge on any atom is -0.324 e. The van der Waals surface area contributed by atoms with Gasteiger partial charge in [-0.2, -0.15) is 5.10 Å². The van der Waals surface area contributed by atoms with Crippen molar-refractivity contribution in [1.29, 1.82) is 0 Å². The van der Waals surface area contributed by atoms with Crippen molar-refractivity contribution in [3.8, 4) is 0 Å². The molecule has 1 aromatic rings. The lowest BCUT2D eigenvalue weighted by molar-refractivity contribution is 0.565. The summed E-state index contributed by atoms with van der Waals surface area (Å²) in [4.78, 5) is 0. The maximum atomic E-state index is 5.90. The Hall–Kier alpha value is -0.350. The third-order valence-electron chi connectivity index (χ3n) is 2.15. The standard InChI is InChI=1S/C7H10BrN3/c8-7-6-4(9)2-1-3-5(6)10-11-7/h4H,1-3,9H2,(H,10,11). The number of hydrogen-bond acceptors (Lipinski definition) is 2. The lowest BCUT2D eigenvalue weighted by atomic mass is 9.94. The molecule has 0 bridgehead atoms. The Bertz CT molecular complexity index is 269. The summed E-state index contributed by atoms with van der Waals surface area (Å²) in [6, 6.07) is 0.173. The van der Waals surface area contributed by atoms with E-state index in [0.717, 1.165) is 17.4 Å². The molecule has 0 aliphatic heterocycles. The highest BCUT2D eigenvalue weighted by Gasteiger charge is 2.21. The van der Waals surface area contributed by atoms with Crippen LogP contribution >= 0.6 is 15.9 Å². The van der Waals surface area contributed by atoms with E-state index in [2.05, 4.69) is 26.1 Å². The zero-order chi connectivity index (χ0) is 7.84. The van der Waals surface area contributed by atoms with Crippen molar-refractivity contribution in [2.24, 2.45) is 5.73 Å². The molecule has 0 aromatic carbocycles. The highest BCUT2D eigenvalue weighted by molar-refractivity contribution is 9.10. The van der Waals surface area contributed by atoms with Crippen molar-refractivity contribution >= 4 is 15.9 Å². The van der Waals surface area contributed by atoms with Crippen LogP contribution in [0.4, 0.5) is 0 Å². The summed E-state index contributed by atoms with van der Waals surface area (Å²) in [6.45, 7) is 0. The number of nitrogens with two attached hydrogens (primary N) is 1. The van der Waals surface area contributed by atoms with Crippen LogP contribution in [0, 0.1) is 0 Å². The minimum absolute atomic E-state index is 0.173.